The van der Waals surface area contributed by atoms with E-state index in [0.29, 0.717) is 27.9 Å². The molecule has 0 spiro atoms. The summed E-state index contributed by atoms with van der Waals surface area (Å²) in [7, 11) is 0. The zero-order chi connectivity index (χ0) is 19.2. The van der Waals surface area contributed by atoms with Gasteiger partial charge in [-0.15, -0.1) is 0 Å². The second-order valence-corrected chi connectivity index (χ2v) is 6.19. The van der Waals surface area contributed by atoms with E-state index in [1.165, 1.54) is 12.1 Å². The van der Waals surface area contributed by atoms with E-state index in [1.54, 1.807) is 54.9 Å². The molecule has 27 heavy (non-hydrogen) atoms. The lowest BCUT2D eigenvalue weighted by Crippen LogP contribution is -2.29. The molecule has 0 fully saturated rings. The Kier molecular flexibility index (Phi) is 5.90. The average molecular weight is 402 g/mol. The highest BCUT2D eigenvalue weighted by atomic mass is 35.5. The van der Waals surface area contributed by atoms with Gasteiger partial charge in [0.25, 0.3) is 0 Å². The van der Waals surface area contributed by atoms with E-state index in [-0.39, 0.29) is 5.02 Å². The van der Waals surface area contributed by atoms with Gasteiger partial charge in [-0.25, -0.2) is 0 Å². The van der Waals surface area contributed by atoms with Crippen molar-refractivity contribution in [2.75, 3.05) is 10.6 Å². The highest BCUT2D eigenvalue weighted by molar-refractivity contribution is 6.45. The molecule has 0 aliphatic carbocycles. The SMILES string of the molecule is O=C(Nc1ccc(Oc2ccncc2)cc1)C(=O)Nc1ccc(Cl)cc1Cl. The van der Waals surface area contributed by atoms with Crippen LogP contribution in [0.5, 0.6) is 11.5 Å². The van der Waals surface area contributed by atoms with Crippen LogP contribution in [0.25, 0.3) is 0 Å². The van der Waals surface area contributed by atoms with E-state index in [0.717, 1.165) is 0 Å². The number of aromatic nitrogens is 1. The monoisotopic (exact) mass is 401 g/mol. The lowest BCUT2D eigenvalue weighted by atomic mass is 10.3. The van der Waals surface area contributed by atoms with E-state index in [2.05, 4.69) is 15.6 Å². The summed E-state index contributed by atoms with van der Waals surface area (Å²) in [5.74, 6) is -0.460. The van der Waals surface area contributed by atoms with Crippen molar-refractivity contribution in [2.24, 2.45) is 0 Å². The number of carbonyl (C=O) groups excluding carboxylic acids is 2. The highest BCUT2D eigenvalue weighted by Gasteiger charge is 2.15. The fraction of sp³-hybridized carbons (Fsp3) is 0. The van der Waals surface area contributed by atoms with Crippen LogP contribution in [0.4, 0.5) is 11.4 Å². The molecule has 6 nitrogen and oxygen atoms in total. The molecule has 0 aliphatic heterocycles. The Morgan fingerprint density at radius 2 is 1.44 bits per heavy atom. The zero-order valence-electron chi connectivity index (χ0n) is 13.8. The van der Waals surface area contributed by atoms with Crippen LogP contribution < -0.4 is 15.4 Å². The smallest absolute Gasteiger partial charge is 0.314 e. The van der Waals surface area contributed by atoms with E-state index < -0.39 is 11.8 Å². The molecule has 2 N–H and O–H groups in total. The molecule has 3 aromatic rings. The average Bonchev–Trinajstić information content (AvgIpc) is 2.66. The molecule has 0 saturated heterocycles. The van der Waals surface area contributed by atoms with Crippen molar-refractivity contribution >= 4 is 46.4 Å². The van der Waals surface area contributed by atoms with Gasteiger partial charge in [-0.05, 0) is 54.6 Å². The first kappa shape index (κ1) is 18.7. The summed E-state index contributed by atoms with van der Waals surface area (Å²) in [6.45, 7) is 0. The van der Waals surface area contributed by atoms with E-state index in [1.807, 2.05) is 0 Å². The number of pyridine rings is 1. The number of amides is 2. The first-order chi connectivity index (χ1) is 13.0. The number of hydrogen-bond donors (Lipinski definition) is 2. The summed E-state index contributed by atoms with van der Waals surface area (Å²) in [6.07, 6.45) is 3.24. The van der Waals surface area contributed by atoms with Crippen LogP contribution in [0.15, 0.2) is 67.0 Å². The van der Waals surface area contributed by atoms with E-state index in [4.69, 9.17) is 27.9 Å². The van der Waals surface area contributed by atoms with E-state index in [9.17, 15) is 9.59 Å². The largest absolute Gasteiger partial charge is 0.457 e. The molecule has 0 bridgehead atoms. The van der Waals surface area contributed by atoms with Gasteiger partial charge in [-0.3, -0.25) is 14.6 Å². The van der Waals surface area contributed by atoms with E-state index >= 15 is 0 Å². The third-order valence-corrected chi connectivity index (χ3v) is 3.93. The maximum absolute atomic E-state index is 12.0. The van der Waals surface area contributed by atoms with Crippen LogP contribution in [0.3, 0.4) is 0 Å². The van der Waals surface area contributed by atoms with Gasteiger partial charge in [-0.1, -0.05) is 23.2 Å². The molecule has 0 saturated carbocycles. The lowest BCUT2D eigenvalue weighted by molar-refractivity contribution is -0.132. The number of ether oxygens (including phenoxy) is 1. The third-order valence-electron chi connectivity index (χ3n) is 3.38. The van der Waals surface area contributed by atoms with Crippen molar-refractivity contribution in [3.05, 3.63) is 77.0 Å². The molecule has 2 amide bonds. The van der Waals surface area contributed by atoms with Crippen LogP contribution >= 0.6 is 23.2 Å². The predicted octanol–water partition coefficient (Wildman–Crippen LogP) is 4.76. The van der Waals surface area contributed by atoms with Crippen molar-refractivity contribution in [3.8, 4) is 11.5 Å². The van der Waals surface area contributed by atoms with Crippen LogP contribution in [0.2, 0.25) is 10.0 Å². The van der Waals surface area contributed by atoms with Gasteiger partial charge in [0.05, 0.1) is 10.7 Å². The van der Waals surface area contributed by atoms with Crippen molar-refractivity contribution < 1.29 is 14.3 Å². The molecule has 1 aromatic heterocycles. The Morgan fingerprint density at radius 1 is 0.815 bits per heavy atom. The Morgan fingerprint density at radius 3 is 2.11 bits per heavy atom. The standard InChI is InChI=1S/C19H13Cl2N3O3/c20-12-1-6-17(16(21)11-12)24-19(26)18(25)23-13-2-4-14(5-3-13)27-15-7-9-22-10-8-15/h1-11H,(H,23,25)(H,24,26). The number of benzene rings is 2. The summed E-state index contributed by atoms with van der Waals surface area (Å²) in [6, 6.07) is 14.6. The fourth-order valence-corrected chi connectivity index (χ4v) is 2.56. The molecule has 2 aromatic carbocycles. The maximum atomic E-state index is 12.0. The van der Waals surface area contributed by atoms with Gasteiger partial charge >= 0.3 is 11.8 Å². The lowest BCUT2D eigenvalue weighted by Gasteiger charge is -2.09. The maximum Gasteiger partial charge on any atom is 0.314 e. The number of rotatable bonds is 4. The van der Waals surface area contributed by atoms with Crippen LogP contribution in [-0.4, -0.2) is 16.8 Å². The first-order valence-electron chi connectivity index (χ1n) is 7.76. The van der Waals surface area contributed by atoms with Gasteiger partial charge in [0, 0.05) is 23.1 Å². The fourth-order valence-electron chi connectivity index (χ4n) is 2.11. The number of carbonyl (C=O) groups is 2. The first-order valence-corrected chi connectivity index (χ1v) is 8.52. The number of halogens is 2. The minimum Gasteiger partial charge on any atom is -0.457 e. The summed E-state index contributed by atoms with van der Waals surface area (Å²) in [5, 5.41) is 5.59. The number of anilines is 2. The van der Waals surface area contributed by atoms with Crippen molar-refractivity contribution in [2.45, 2.75) is 0 Å². The van der Waals surface area contributed by atoms with Crippen molar-refractivity contribution in [3.63, 3.8) is 0 Å². The molecule has 136 valence electrons. The second-order valence-electron chi connectivity index (χ2n) is 5.34. The molecule has 0 unspecified atom stereocenters. The number of nitrogens with one attached hydrogen (secondary N) is 2. The quantitative estimate of drug-likeness (QED) is 0.617. The number of nitrogens with zero attached hydrogens (tertiary/aromatic N) is 1. The molecule has 8 heteroatoms. The molecule has 3 rings (SSSR count). The molecular weight excluding hydrogens is 389 g/mol. The second kappa shape index (κ2) is 8.53. The minimum absolute atomic E-state index is 0.237. The molecule has 0 atom stereocenters. The summed E-state index contributed by atoms with van der Waals surface area (Å²) in [4.78, 5) is 28.0. The van der Waals surface area contributed by atoms with Gasteiger partial charge in [0.2, 0.25) is 0 Å². The number of hydrogen-bond acceptors (Lipinski definition) is 4. The molecular formula is C19H13Cl2N3O3. The third kappa shape index (κ3) is 5.20. The van der Waals surface area contributed by atoms with Crippen LogP contribution in [-0.2, 0) is 9.59 Å². The molecule has 0 radical (unpaired) electrons. The van der Waals surface area contributed by atoms with Crippen LogP contribution in [0.1, 0.15) is 0 Å². The molecule has 0 aliphatic rings. The minimum atomic E-state index is -0.851. The normalized spacial score (nSPS) is 10.1. The Hall–Kier alpha value is -3.09. The topological polar surface area (TPSA) is 80.3 Å². The summed E-state index contributed by atoms with van der Waals surface area (Å²) >= 11 is 11.8. The summed E-state index contributed by atoms with van der Waals surface area (Å²) in [5.41, 5.74) is 0.738. The van der Waals surface area contributed by atoms with Crippen LogP contribution in [0, 0.1) is 0 Å². The summed E-state index contributed by atoms with van der Waals surface area (Å²) < 4.78 is 5.63. The zero-order valence-corrected chi connectivity index (χ0v) is 15.3. The van der Waals surface area contributed by atoms with Gasteiger partial charge in [0.1, 0.15) is 11.5 Å². The van der Waals surface area contributed by atoms with Crippen molar-refractivity contribution in [1.29, 1.82) is 0 Å². The Balaban J connectivity index is 1.59. The molecule has 1 heterocycles. The van der Waals surface area contributed by atoms with Crippen molar-refractivity contribution in [1.82, 2.24) is 4.98 Å². The highest BCUT2D eigenvalue weighted by Crippen LogP contribution is 2.25. The van der Waals surface area contributed by atoms with Gasteiger partial charge in [0.15, 0.2) is 0 Å². The van der Waals surface area contributed by atoms with Gasteiger partial charge in [-0.2, -0.15) is 0 Å². The Labute approximate surface area is 165 Å². The Bertz CT molecular complexity index is 964. The van der Waals surface area contributed by atoms with Gasteiger partial charge < -0.3 is 15.4 Å². The predicted molar refractivity (Wildman–Crippen MR) is 104 cm³/mol.